The van der Waals surface area contributed by atoms with Crippen molar-refractivity contribution in [3.63, 3.8) is 0 Å². The summed E-state index contributed by atoms with van der Waals surface area (Å²) in [5, 5.41) is 16.5. The van der Waals surface area contributed by atoms with Crippen molar-refractivity contribution in [1.82, 2.24) is 15.6 Å². The molecule has 3 N–H and O–H groups in total. The fourth-order valence-electron chi connectivity index (χ4n) is 4.30. The van der Waals surface area contributed by atoms with Crippen LogP contribution in [0.25, 0.3) is 0 Å². The van der Waals surface area contributed by atoms with Crippen molar-refractivity contribution in [1.29, 1.82) is 0 Å². The third-order valence-corrected chi connectivity index (χ3v) is 6.54. The molecule has 2 aliphatic rings. The minimum atomic E-state index is -1.04. The number of ether oxygens (including phenoxy) is 2. The van der Waals surface area contributed by atoms with E-state index in [-0.39, 0.29) is 24.0 Å². The monoisotopic (exact) mass is 530 g/mol. The topological polar surface area (TPSA) is 113 Å². The normalized spacial score (nSPS) is 18.1. The molecule has 10 heteroatoms. The van der Waals surface area contributed by atoms with Gasteiger partial charge < -0.3 is 30.1 Å². The Morgan fingerprint density at radius 1 is 1.18 bits per heavy atom. The zero-order valence-corrected chi connectivity index (χ0v) is 21.2. The Morgan fingerprint density at radius 3 is 2.72 bits per heavy atom. The molecule has 1 fully saturated rings. The molecule has 0 bridgehead atoms. The second kappa shape index (κ2) is 11.1. The van der Waals surface area contributed by atoms with Gasteiger partial charge in [-0.2, -0.15) is 0 Å². The smallest absolute Gasteiger partial charge is 0.270 e. The summed E-state index contributed by atoms with van der Waals surface area (Å²) >= 11 is 0. The third kappa shape index (κ3) is 6.17. The van der Waals surface area contributed by atoms with Gasteiger partial charge in [0, 0.05) is 24.9 Å². The number of carbonyl (C=O) groups is 2. The number of likely N-dealkylation sites (N-methyl/N-ethyl adjacent to an activating group) is 1. The summed E-state index contributed by atoms with van der Waals surface area (Å²) in [5.74, 6) is 5.85. The second-order valence-corrected chi connectivity index (χ2v) is 9.38. The van der Waals surface area contributed by atoms with E-state index in [0.717, 1.165) is 0 Å². The molecule has 2 aliphatic heterocycles. The van der Waals surface area contributed by atoms with Crippen molar-refractivity contribution in [2.75, 3.05) is 31.6 Å². The minimum absolute atomic E-state index is 0.0419. The zero-order valence-electron chi connectivity index (χ0n) is 21.2. The molecule has 1 saturated heterocycles. The molecule has 0 saturated carbocycles. The van der Waals surface area contributed by atoms with Crippen molar-refractivity contribution in [3.8, 4) is 29.1 Å². The summed E-state index contributed by atoms with van der Waals surface area (Å²) < 4.78 is 24.7. The van der Waals surface area contributed by atoms with E-state index < -0.39 is 17.6 Å². The molecule has 2 aromatic carbocycles. The molecular formula is C29H27FN4O5. The predicted molar refractivity (Wildman–Crippen MR) is 141 cm³/mol. The van der Waals surface area contributed by atoms with Crippen LogP contribution in [0, 0.1) is 17.7 Å². The van der Waals surface area contributed by atoms with E-state index in [2.05, 4.69) is 27.5 Å². The van der Waals surface area contributed by atoms with Crippen molar-refractivity contribution in [2.24, 2.45) is 0 Å². The number of piperidine rings is 1. The molecule has 0 radical (unpaired) electrons. The number of nitrogens with one attached hydrogen (secondary N) is 2. The van der Waals surface area contributed by atoms with E-state index in [1.807, 2.05) is 0 Å². The van der Waals surface area contributed by atoms with Gasteiger partial charge in [-0.15, -0.1) is 0 Å². The molecule has 3 aromatic rings. The van der Waals surface area contributed by atoms with Crippen LogP contribution in [0.4, 0.5) is 10.1 Å². The maximum atomic E-state index is 13.3. The van der Waals surface area contributed by atoms with Crippen LogP contribution >= 0.6 is 0 Å². The highest BCUT2D eigenvalue weighted by Gasteiger charge is 2.31. The van der Waals surface area contributed by atoms with E-state index in [0.29, 0.717) is 54.4 Å². The molecule has 9 nitrogen and oxygen atoms in total. The molecule has 0 unspecified atom stereocenters. The first kappa shape index (κ1) is 26.2. The van der Waals surface area contributed by atoms with Crippen LogP contribution in [-0.4, -0.2) is 60.3 Å². The Bertz CT molecular complexity index is 1440. The maximum Gasteiger partial charge on any atom is 0.270 e. The van der Waals surface area contributed by atoms with Gasteiger partial charge in [0.05, 0.1) is 5.69 Å². The molecular weight excluding hydrogens is 503 g/mol. The SMILES string of the molecule is CN1C(=O)[C@H](NC(=O)c2cc(Oc3ccc(F)cc3)ccn2)COc2ccc(C#CC3(O)CCNCC3)cc21. The number of benzene rings is 2. The number of pyridine rings is 1. The number of anilines is 1. The quantitative estimate of drug-likeness (QED) is 0.445. The standard InChI is InChI=1S/C29H27FN4O5/c1-34-25-16-19(8-10-29(37)11-14-31-15-12-29)2-7-26(25)38-18-24(28(34)36)33-27(35)23-17-22(9-13-32-23)39-21-5-3-20(30)4-6-21/h2-7,9,13,16-17,24,31,37H,11-12,14-15,18H2,1H3,(H,33,35)/t24-/m1/s1. The zero-order chi connectivity index (χ0) is 27.4. The first-order chi connectivity index (χ1) is 18.8. The van der Waals surface area contributed by atoms with Crippen LogP contribution < -0.4 is 25.0 Å². The summed E-state index contributed by atoms with van der Waals surface area (Å²) in [4.78, 5) is 31.7. The van der Waals surface area contributed by atoms with Gasteiger partial charge in [0.15, 0.2) is 0 Å². The van der Waals surface area contributed by atoms with Gasteiger partial charge in [0.1, 0.15) is 47.0 Å². The fourth-order valence-corrected chi connectivity index (χ4v) is 4.30. The number of aromatic nitrogens is 1. The van der Waals surface area contributed by atoms with Crippen LogP contribution in [0.3, 0.4) is 0 Å². The Hall–Kier alpha value is -4.46. The number of rotatable bonds is 4. The summed E-state index contributed by atoms with van der Waals surface area (Å²) in [6, 6.07) is 12.7. The van der Waals surface area contributed by atoms with Crippen molar-refractivity contribution in [2.45, 2.75) is 24.5 Å². The van der Waals surface area contributed by atoms with Crippen LogP contribution in [0.15, 0.2) is 60.8 Å². The Balaban J connectivity index is 1.28. The average Bonchev–Trinajstić information content (AvgIpc) is 3.06. The number of halogens is 1. The highest BCUT2D eigenvalue weighted by molar-refractivity contribution is 6.03. The van der Waals surface area contributed by atoms with E-state index in [4.69, 9.17) is 9.47 Å². The Morgan fingerprint density at radius 2 is 1.95 bits per heavy atom. The maximum absolute atomic E-state index is 13.3. The average molecular weight is 531 g/mol. The first-order valence-electron chi connectivity index (χ1n) is 12.5. The van der Waals surface area contributed by atoms with Crippen molar-refractivity contribution in [3.05, 3.63) is 77.9 Å². The Labute approximate surface area is 225 Å². The molecule has 200 valence electrons. The molecule has 0 aliphatic carbocycles. The molecule has 1 aromatic heterocycles. The van der Waals surface area contributed by atoms with Gasteiger partial charge in [0.25, 0.3) is 11.8 Å². The summed E-state index contributed by atoms with van der Waals surface area (Å²) in [7, 11) is 1.60. The van der Waals surface area contributed by atoms with Crippen LogP contribution in [-0.2, 0) is 4.79 Å². The van der Waals surface area contributed by atoms with Gasteiger partial charge >= 0.3 is 0 Å². The van der Waals surface area contributed by atoms with Gasteiger partial charge in [0.2, 0.25) is 0 Å². The van der Waals surface area contributed by atoms with E-state index in [9.17, 15) is 19.1 Å². The predicted octanol–water partition coefficient (Wildman–Crippen LogP) is 2.63. The van der Waals surface area contributed by atoms with Crippen molar-refractivity contribution < 1.29 is 28.6 Å². The Kier molecular flexibility index (Phi) is 7.45. The van der Waals surface area contributed by atoms with Crippen LogP contribution in [0.2, 0.25) is 0 Å². The number of carbonyl (C=O) groups excluding carboxylic acids is 2. The summed E-state index contributed by atoms with van der Waals surface area (Å²) in [6.07, 6.45) is 2.50. The highest BCUT2D eigenvalue weighted by Crippen LogP contribution is 2.32. The number of fused-ring (bicyclic) bond motifs is 1. The van der Waals surface area contributed by atoms with Gasteiger partial charge in [-0.25, -0.2) is 4.39 Å². The number of amides is 2. The molecule has 3 heterocycles. The first-order valence-corrected chi connectivity index (χ1v) is 12.5. The lowest BCUT2D eigenvalue weighted by Crippen LogP contribution is -2.49. The molecule has 39 heavy (non-hydrogen) atoms. The lowest BCUT2D eigenvalue weighted by atomic mass is 9.93. The van der Waals surface area contributed by atoms with E-state index in [1.165, 1.54) is 41.4 Å². The number of aliphatic hydroxyl groups is 1. The lowest BCUT2D eigenvalue weighted by molar-refractivity contribution is -0.120. The molecule has 1 atom stereocenters. The molecule has 5 rings (SSSR count). The molecule has 0 spiro atoms. The third-order valence-electron chi connectivity index (χ3n) is 6.54. The largest absolute Gasteiger partial charge is 0.489 e. The van der Waals surface area contributed by atoms with E-state index >= 15 is 0 Å². The highest BCUT2D eigenvalue weighted by atomic mass is 19.1. The number of hydrogen-bond acceptors (Lipinski definition) is 7. The number of nitrogens with zero attached hydrogens (tertiary/aromatic N) is 2. The lowest BCUT2D eigenvalue weighted by Gasteiger charge is -2.27. The minimum Gasteiger partial charge on any atom is -0.489 e. The van der Waals surface area contributed by atoms with Gasteiger partial charge in [-0.1, -0.05) is 11.8 Å². The summed E-state index contributed by atoms with van der Waals surface area (Å²) in [5.41, 5.74) is 0.142. The van der Waals surface area contributed by atoms with Crippen molar-refractivity contribution >= 4 is 17.5 Å². The fraction of sp³-hybridized carbons (Fsp3) is 0.276. The van der Waals surface area contributed by atoms with Gasteiger partial charge in [-0.05, 0) is 74.5 Å². The van der Waals surface area contributed by atoms with Gasteiger partial charge in [-0.3, -0.25) is 14.6 Å². The van der Waals surface area contributed by atoms with E-state index in [1.54, 1.807) is 31.3 Å². The van der Waals surface area contributed by atoms with Crippen LogP contribution in [0.5, 0.6) is 17.2 Å². The number of hydrogen-bond donors (Lipinski definition) is 3. The van der Waals surface area contributed by atoms with Crippen LogP contribution in [0.1, 0.15) is 28.9 Å². The molecule has 2 amide bonds. The summed E-state index contributed by atoms with van der Waals surface area (Å²) in [6.45, 7) is 1.33. The second-order valence-electron chi connectivity index (χ2n) is 9.38.